The van der Waals surface area contributed by atoms with Crippen LogP contribution in [0.4, 0.5) is 0 Å². The van der Waals surface area contributed by atoms with Gasteiger partial charge in [0.2, 0.25) is 0 Å². The summed E-state index contributed by atoms with van der Waals surface area (Å²) < 4.78 is 3.21. The average molecular weight is 324 g/mol. The standard InChI is InChI=1S/C19H20N2OS/c1-3-4-11-21-16-10-12-23-18(16)13-17(21)19(22)20-14(2)15-8-6-5-7-9-15/h3-10,12-14H,11H2,1-2H3,(H,20,22)/b4-3+/t14-/m1/s1. The Morgan fingerprint density at radius 3 is 2.83 bits per heavy atom. The summed E-state index contributed by atoms with van der Waals surface area (Å²) in [5.41, 5.74) is 2.94. The lowest BCUT2D eigenvalue weighted by molar-refractivity contribution is 0.0931. The Kier molecular flexibility index (Phi) is 4.63. The van der Waals surface area contributed by atoms with Crippen LogP contribution in [-0.4, -0.2) is 10.5 Å². The molecule has 0 aliphatic rings. The predicted octanol–water partition coefficient (Wildman–Crippen LogP) is 4.77. The molecule has 1 atom stereocenters. The average Bonchev–Trinajstić information content (AvgIpc) is 3.15. The first-order valence-corrected chi connectivity index (χ1v) is 8.62. The largest absolute Gasteiger partial charge is 0.344 e. The van der Waals surface area contributed by atoms with E-state index in [1.165, 1.54) is 0 Å². The van der Waals surface area contributed by atoms with Gasteiger partial charge in [-0.2, -0.15) is 0 Å². The quantitative estimate of drug-likeness (QED) is 0.674. The Balaban J connectivity index is 1.87. The Bertz CT molecular complexity index is 830. The van der Waals surface area contributed by atoms with E-state index in [0.29, 0.717) is 12.2 Å². The molecule has 2 heterocycles. The van der Waals surface area contributed by atoms with Crippen molar-refractivity contribution in [3.05, 3.63) is 71.3 Å². The van der Waals surface area contributed by atoms with Gasteiger partial charge < -0.3 is 9.88 Å². The third kappa shape index (κ3) is 3.22. The van der Waals surface area contributed by atoms with Crippen LogP contribution in [0.25, 0.3) is 10.2 Å². The SMILES string of the molecule is C/C=C/Cn1c(C(=O)N[C@H](C)c2ccccc2)cc2sccc21. The highest BCUT2D eigenvalue weighted by Gasteiger charge is 2.17. The van der Waals surface area contributed by atoms with Gasteiger partial charge in [-0.1, -0.05) is 42.5 Å². The molecule has 23 heavy (non-hydrogen) atoms. The molecule has 1 amide bonds. The molecule has 0 aliphatic carbocycles. The molecule has 0 unspecified atom stereocenters. The Labute approximate surface area is 140 Å². The number of nitrogens with one attached hydrogen (secondary N) is 1. The lowest BCUT2D eigenvalue weighted by Crippen LogP contribution is -2.28. The summed E-state index contributed by atoms with van der Waals surface area (Å²) in [5.74, 6) is -0.0331. The highest BCUT2D eigenvalue weighted by Crippen LogP contribution is 2.26. The number of nitrogens with zero attached hydrogens (tertiary/aromatic N) is 1. The monoisotopic (exact) mass is 324 g/mol. The van der Waals surface area contributed by atoms with Gasteiger partial charge in [-0.25, -0.2) is 0 Å². The number of hydrogen-bond acceptors (Lipinski definition) is 2. The molecule has 3 aromatic rings. The van der Waals surface area contributed by atoms with Crippen LogP contribution in [0.2, 0.25) is 0 Å². The number of rotatable bonds is 5. The highest BCUT2D eigenvalue weighted by atomic mass is 32.1. The van der Waals surface area contributed by atoms with E-state index in [4.69, 9.17) is 0 Å². The van der Waals surface area contributed by atoms with Gasteiger partial charge in [0.25, 0.3) is 5.91 Å². The zero-order valence-electron chi connectivity index (χ0n) is 13.3. The number of aromatic nitrogens is 1. The van der Waals surface area contributed by atoms with Gasteiger partial charge >= 0.3 is 0 Å². The van der Waals surface area contributed by atoms with Crippen LogP contribution in [0.15, 0.2) is 60.0 Å². The molecule has 0 bridgehead atoms. The molecule has 3 nitrogen and oxygen atoms in total. The van der Waals surface area contributed by atoms with Crippen LogP contribution in [0.5, 0.6) is 0 Å². The molecule has 0 saturated heterocycles. The van der Waals surface area contributed by atoms with Crippen LogP contribution in [0, 0.1) is 0 Å². The topological polar surface area (TPSA) is 34.0 Å². The number of amides is 1. The van der Waals surface area contributed by atoms with E-state index in [1.54, 1.807) is 11.3 Å². The van der Waals surface area contributed by atoms with E-state index in [2.05, 4.69) is 27.4 Å². The fourth-order valence-corrected chi connectivity index (χ4v) is 3.49. The zero-order chi connectivity index (χ0) is 16.2. The van der Waals surface area contributed by atoms with Crippen molar-refractivity contribution < 1.29 is 4.79 Å². The second-order valence-corrected chi connectivity index (χ2v) is 6.43. The number of benzene rings is 1. The maximum atomic E-state index is 12.7. The lowest BCUT2D eigenvalue weighted by atomic mass is 10.1. The molecular weight excluding hydrogens is 304 g/mol. The van der Waals surface area contributed by atoms with Crippen molar-refractivity contribution in [1.29, 1.82) is 0 Å². The fourth-order valence-electron chi connectivity index (χ4n) is 2.67. The van der Waals surface area contributed by atoms with Gasteiger partial charge in [0.1, 0.15) is 5.69 Å². The minimum atomic E-state index is -0.0331. The predicted molar refractivity (Wildman–Crippen MR) is 97.0 cm³/mol. The molecule has 1 aromatic carbocycles. The number of carbonyl (C=O) groups excluding carboxylic acids is 1. The van der Waals surface area contributed by atoms with Crippen LogP contribution < -0.4 is 5.32 Å². The van der Waals surface area contributed by atoms with Crippen molar-refractivity contribution >= 4 is 27.5 Å². The first-order chi connectivity index (χ1) is 11.2. The molecule has 4 heteroatoms. The van der Waals surface area contributed by atoms with Crippen LogP contribution >= 0.6 is 11.3 Å². The molecule has 1 N–H and O–H groups in total. The molecule has 0 aliphatic heterocycles. The number of carbonyl (C=O) groups is 1. The van der Waals surface area contributed by atoms with Gasteiger partial charge in [-0.15, -0.1) is 11.3 Å². The van der Waals surface area contributed by atoms with E-state index >= 15 is 0 Å². The lowest BCUT2D eigenvalue weighted by Gasteiger charge is -2.15. The third-order valence-corrected chi connectivity index (χ3v) is 4.78. The number of hydrogen-bond donors (Lipinski definition) is 1. The zero-order valence-corrected chi connectivity index (χ0v) is 14.1. The van der Waals surface area contributed by atoms with Crippen molar-refractivity contribution in [2.24, 2.45) is 0 Å². The molecular formula is C19H20N2OS. The van der Waals surface area contributed by atoms with Crippen molar-refractivity contribution in [2.75, 3.05) is 0 Å². The molecule has 0 radical (unpaired) electrons. The van der Waals surface area contributed by atoms with Gasteiger partial charge in [0.15, 0.2) is 0 Å². The van der Waals surface area contributed by atoms with Crippen molar-refractivity contribution in [3.63, 3.8) is 0 Å². The summed E-state index contributed by atoms with van der Waals surface area (Å²) in [4.78, 5) is 12.7. The van der Waals surface area contributed by atoms with Crippen molar-refractivity contribution in [3.8, 4) is 0 Å². The molecule has 2 aromatic heterocycles. The van der Waals surface area contributed by atoms with E-state index in [1.807, 2.05) is 56.3 Å². The molecule has 118 valence electrons. The summed E-state index contributed by atoms with van der Waals surface area (Å²) in [5, 5.41) is 5.16. The number of allylic oxidation sites excluding steroid dienone is 2. The van der Waals surface area contributed by atoms with E-state index in [0.717, 1.165) is 15.8 Å². The number of thiophene rings is 1. The Morgan fingerprint density at radius 2 is 2.09 bits per heavy atom. The number of fused-ring (bicyclic) bond motifs is 1. The summed E-state index contributed by atoms with van der Waals surface area (Å²) >= 11 is 1.66. The normalized spacial score (nSPS) is 12.8. The van der Waals surface area contributed by atoms with Crippen LogP contribution in [0.1, 0.15) is 35.9 Å². The summed E-state index contributed by atoms with van der Waals surface area (Å²) in [6.45, 7) is 4.71. The van der Waals surface area contributed by atoms with E-state index in [9.17, 15) is 4.79 Å². The third-order valence-electron chi connectivity index (χ3n) is 3.93. The van der Waals surface area contributed by atoms with Gasteiger partial charge in [-0.3, -0.25) is 4.79 Å². The van der Waals surface area contributed by atoms with Gasteiger partial charge in [-0.05, 0) is 36.9 Å². The maximum Gasteiger partial charge on any atom is 0.268 e. The minimum Gasteiger partial charge on any atom is -0.344 e. The summed E-state index contributed by atoms with van der Waals surface area (Å²) in [7, 11) is 0. The minimum absolute atomic E-state index is 0.0215. The van der Waals surface area contributed by atoms with Crippen molar-refractivity contribution in [1.82, 2.24) is 9.88 Å². The fraction of sp³-hybridized carbons (Fsp3) is 0.211. The first kappa shape index (κ1) is 15.6. The second kappa shape index (κ2) is 6.84. The first-order valence-electron chi connectivity index (χ1n) is 7.74. The van der Waals surface area contributed by atoms with E-state index in [-0.39, 0.29) is 11.9 Å². The Morgan fingerprint density at radius 1 is 1.30 bits per heavy atom. The molecule has 3 rings (SSSR count). The highest BCUT2D eigenvalue weighted by molar-refractivity contribution is 7.17. The van der Waals surface area contributed by atoms with Gasteiger partial charge in [0, 0.05) is 6.54 Å². The Hall–Kier alpha value is -2.33. The van der Waals surface area contributed by atoms with Crippen LogP contribution in [0.3, 0.4) is 0 Å². The second-order valence-electron chi connectivity index (χ2n) is 5.49. The molecule has 0 spiro atoms. The smallest absolute Gasteiger partial charge is 0.268 e. The maximum absolute atomic E-state index is 12.7. The summed E-state index contributed by atoms with van der Waals surface area (Å²) in [6.07, 6.45) is 4.07. The van der Waals surface area contributed by atoms with Crippen molar-refractivity contribution in [2.45, 2.75) is 26.4 Å². The molecule has 0 saturated carbocycles. The van der Waals surface area contributed by atoms with E-state index < -0.39 is 0 Å². The van der Waals surface area contributed by atoms with Crippen LogP contribution in [-0.2, 0) is 6.54 Å². The van der Waals surface area contributed by atoms with Gasteiger partial charge in [0.05, 0.1) is 16.3 Å². The molecule has 0 fully saturated rings. The summed E-state index contributed by atoms with van der Waals surface area (Å²) in [6, 6.07) is 14.0.